The molecule has 2 atom stereocenters. The van der Waals surface area contributed by atoms with Crippen molar-refractivity contribution in [1.82, 2.24) is 0 Å². The topological polar surface area (TPSA) is 67.2 Å². The number of hydrogen-bond acceptors (Lipinski definition) is 3. The van der Waals surface area contributed by atoms with Crippen LogP contribution in [0.25, 0.3) is 10.4 Å². The zero-order chi connectivity index (χ0) is 10.9. The minimum Gasteiger partial charge on any atom is -0.372 e. The van der Waals surface area contributed by atoms with E-state index >= 15 is 0 Å². The summed E-state index contributed by atoms with van der Waals surface area (Å²) >= 11 is 0. The summed E-state index contributed by atoms with van der Waals surface area (Å²) in [6.45, 7) is 5.36. The minimum atomic E-state index is -0.210. The van der Waals surface area contributed by atoms with Crippen molar-refractivity contribution in [3.63, 3.8) is 0 Å². The van der Waals surface area contributed by atoms with Gasteiger partial charge in [-0.25, -0.2) is 0 Å². The fraction of sp³-hybridized carbons (Fsp3) is 1.00. The third kappa shape index (κ3) is 1.71. The molecule has 0 saturated carbocycles. The molecule has 0 unspecified atom stereocenters. The lowest BCUT2D eigenvalue weighted by atomic mass is 9.83. The van der Waals surface area contributed by atoms with Gasteiger partial charge in [-0.1, -0.05) is 5.11 Å². The molecule has 0 aliphatic carbocycles. The van der Waals surface area contributed by atoms with Crippen LogP contribution in [0.4, 0.5) is 0 Å². The zero-order valence-corrected chi connectivity index (χ0v) is 9.27. The molecule has 0 aromatic heterocycles. The molecule has 15 heavy (non-hydrogen) atoms. The summed E-state index contributed by atoms with van der Waals surface area (Å²) in [4.78, 5) is 2.76. The highest BCUT2D eigenvalue weighted by molar-refractivity contribution is 5.05. The number of ether oxygens (including phenoxy) is 2. The van der Waals surface area contributed by atoms with Crippen LogP contribution in [0.1, 0.15) is 33.1 Å². The Morgan fingerprint density at radius 2 is 2.27 bits per heavy atom. The second kappa shape index (κ2) is 3.67. The van der Waals surface area contributed by atoms with Crippen LogP contribution in [0.5, 0.6) is 0 Å². The molecule has 2 rings (SSSR count). The predicted molar refractivity (Wildman–Crippen MR) is 55.5 cm³/mol. The van der Waals surface area contributed by atoms with Crippen LogP contribution in [0, 0.1) is 0 Å². The highest BCUT2D eigenvalue weighted by Gasteiger charge is 2.55. The summed E-state index contributed by atoms with van der Waals surface area (Å²) in [5.74, 6) is 0. The molecular weight excluding hydrogens is 194 g/mol. The molecule has 0 aromatic carbocycles. The Kier molecular flexibility index (Phi) is 2.63. The fourth-order valence-electron chi connectivity index (χ4n) is 2.62. The lowest BCUT2D eigenvalue weighted by Crippen LogP contribution is -2.46. The van der Waals surface area contributed by atoms with E-state index in [1.165, 1.54) is 0 Å². The van der Waals surface area contributed by atoms with E-state index in [-0.39, 0.29) is 17.3 Å². The van der Waals surface area contributed by atoms with Gasteiger partial charge in [0.1, 0.15) is 0 Å². The number of rotatable bonds is 2. The van der Waals surface area contributed by atoms with Crippen LogP contribution in [-0.2, 0) is 9.47 Å². The molecule has 5 heteroatoms. The molecule has 0 amide bonds. The van der Waals surface area contributed by atoms with Crippen molar-refractivity contribution >= 4 is 0 Å². The van der Waals surface area contributed by atoms with Crippen LogP contribution in [0.15, 0.2) is 5.11 Å². The lowest BCUT2D eigenvalue weighted by Gasteiger charge is -2.36. The van der Waals surface area contributed by atoms with Crippen molar-refractivity contribution in [2.75, 3.05) is 13.2 Å². The molecule has 84 valence electrons. The summed E-state index contributed by atoms with van der Waals surface area (Å²) in [7, 11) is 0. The van der Waals surface area contributed by atoms with Crippen LogP contribution in [0.3, 0.4) is 0 Å². The van der Waals surface area contributed by atoms with E-state index in [0.717, 1.165) is 25.9 Å². The first-order valence-corrected chi connectivity index (χ1v) is 5.42. The van der Waals surface area contributed by atoms with E-state index < -0.39 is 0 Å². The average molecular weight is 211 g/mol. The summed E-state index contributed by atoms with van der Waals surface area (Å²) in [5.41, 5.74) is 7.90. The molecule has 1 spiro atoms. The summed E-state index contributed by atoms with van der Waals surface area (Å²) in [6, 6.07) is 0. The molecule has 0 aromatic rings. The maximum Gasteiger partial charge on any atom is 0.0991 e. The quantitative estimate of drug-likeness (QED) is 0.400. The molecule has 2 aliphatic heterocycles. The molecule has 5 nitrogen and oxygen atoms in total. The Morgan fingerprint density at radius 1 is 1.47 bits per heavy atom. The standard InChI is InChI=1S/C10H17N3O2/c1-9(2)10(5-6-14-9)4-3-8(15-10)7-12-13-11/h8H,3-7H2,1-2H3/t8-,10+/m0/s1. The van der Waals surface area contributed by atoms with Crippen LogP contribution in [0.2, 0.25) is 0 Å². The van der Waals surface area contributed by atoms with Gasteiger partial charge in [-0.2, -0.15) is 0 Å². The number of azide groups is 1. The lowest BCUT2D eigenvalue weighted by molar-refractivity contribution is -0.127. The van der Waals surface area contributed by atoms with Gasteiger partial charge in [-0.15, -0.1) is 0 Å². The van der Waals surface area contributed by atoms with E-state index in [4.69, 9.17) is 15.0 Å². The summed E-state index contributed by atoms with van der Waals surface area (Å²) in [6.07, 6.45) is 2.99. The van der Waals surface area contributed by atoms with Gasteiger partial charge in [-0.05, 0) is 32.2 Å². The molecule has 0 bridgehead atoms. The SMILES string of the molecule is CC1(C)OCC[C@]12CC[C@@H](CN=[N+]=[N-])O2. The number of nitrogens with zero attached hydrogens (tertiary/aromatic N) is 3. The Labute approximate surface area is 89.4 Å². The van der Waals surface area contributed by atoms with Gasteiger partial charge in [0.05, 0.1) is 30.5 Å². The van der Waals surface area contributed by atoms with E-state index in [2.05, 4.69) is 23.9 Å². The molecule has 2 aliphatic rings. The van der Waals surface area contributed by atoms with Crippen molar-refractivity contribution in [3.05, 3.63) is 10.4 Å². The average Bonchev–Trinajstić information content (AvgIpc) is 2.71. The zero-order valence-electron chi connectivity index (χ0n) is 9.27. The van der Waals surface area contributed by atoms with E-state index in [1.54, 1.807) is 0 Å². The van der Waals surface area contributed by atoms with Crippen LogP contribution in [-0.4, -0.2) is 30.5 Å². The Morgan fingerprint density at radius 3 is 2.87 bits per heavy atom. The highest BCUT2D eigenvalue weighted by atomic mass is 16.6. The van der Waals surface area contributed by atoms with Crippen molar-refractivity contribution < 1.29 is 9.47 Å². The first-order valence-electron chi connectivity index (χ1n) is 5.42. The normalized spacial score (nSPS) is 38.1. The molecular formula is C10H17N3O2. The van der Waals surface area contributed by atoms with Gasteiger partial charge in [0.25, 0.3) is 0 Å². The van der Waals surface area contributed by atoms with Gasteiger partial charge < -0.3 is 9.47 Å². The van der Waals surface area contributed by atoms with Gasteiger partial charge in [-0.3, -0.25) is 0 Å². The van der Waals surface area contributed by atoms with Gasteiger partial charge >= 0.3 is 0 Å². The maximum atomic E-state index is 8.26. The van der Waals surface area contributed by atoms with Gasteiger partial charge in [0.2, 0.25) is 0 Å². The van der Waals surface area contributed by atoms with Crippen molar-refractivity contribution in [1.29, 1.82) is 0 Å². The van der Waals surface area contributed by atoms with Crippen molar-refractivity contribution in [3.8, 4) is 0 Å². The molecule has 0 N–H and O–H groups in total. The van der Waals surface area contributed by atoms with Crippen LogP contribution < -0.4 is 0 Å². The first kappa shape index (κ1) is 10.7. The smallest absolute Gasteiger partial charge is 0.0991 e. The third-order valence-electron chi connectivity index (χ3n) is 3.68. The Bertz CT molecular complexity index is 299. The molecule has 2 saturated heterocycles. The largest absolute Gasteiger partial charge is 0.372 e. The second-order valence-corrected chi connectivity index (χ2v) is 4.80. The first-order chi connectivity index (χ1) is 7.10. The van der Waals surface area contributed by atoms with E-state index in [9.17, 15) is 0 Å². The molecule has 0 radical (unpaired) electrons. The monoisotopic (exact) mass is 211 g/mol. The maximum absolute atomic E-state index is 8.26. The van der Waals surface area contributed by atoms with Gasteiger partial charge in [0.15, 0.2) is 0 Å². The van der Waals surface area contributed by atoms with E-state index in [1.807, 2.05) is 0 Å². The van der Waals surface area contributed by atoms with E-state index in [0.29, 0.717) is 6.54 Å². The van der Waals surface area contributed by atoms with Crippen molar-refractivity contribution in [2.45, 2.75) is 50.4 Å². The Balaban J connectivity index is 2.04. The van der Waals surface area contributed by atoms with Gasteiger partial charge in [0, 0.05) is 11.3 Å². The summed E-state index contributed by atoms with van der Waals surface area (Å²) < 4.78 is 11.7. The third-order valence-corrected chi connectivity index (χ3v) is 3.68. The molecule has 2 heterocycles. The Hall–Kier alpha value is -0.770. The second-order valence-electron chi connectivity index (χ2n) is 4.80. The minimum absolute atomic E-state index is 0.0712. The van der Waals surface area contributed by atoms with Crippen LogP contribution >= 0.6 is 0 Å². The molecule has 2 fully saturated rings. The number of hydrogen-bond donors (Lipinski definition) is 0. The fourth-order valence-corrected chi connectivity index (χ4v) is 2.62. The summed E-state index contributed by atoms with van der Waals surface area (Å²) in [5, 5.41) is 3.57. The highest BCUT2D eigenvalue weighted by Crippen LogP contribution is 2.47. The van der Waals surface area contributed by atoms with Crippen molar-refractivity contribution in [2.24, 2.45) is 5.11 Å². The predicted octanol–water partition coefficient (Wildman–Crippen LogP) is 2.41.